The molecule has 1 aromatic carbocycles. The smallest absolute Gasteiger partial charge is 0.326 e. The van der Waals surface area contributed by atoms with E-state index in [0.717, 1.165) is 5.69 Å². The van der Waals surface area contributed by atoms with Crippen LogP contribution in [0.15, 0.2) is 24.3 Å². The summed E-state index contributed by atoms with van der Waals surface area (Å²) in [5, 5.41) is 11.7. The van der Waals surface area contributed by atoms with Gasteiger partial charge < -0.3 is 15.3 Å². The minimum absolute atomic E-state index is 0.359. The predicted octanol–water partition coefficient (Wildman–Crippen LogP) is 1.69. The van der Waals surface area contributed by atoms with Gasteiger partial charge in [0.2, 0.25) is 0 Å². The molecule has 0 radical (unpaired) electrons. The molecule has 0 aliphatic rings. The molecule has 0 unspecified atom stereocenters. The van der Waals surface area contributed by atoms with E-state index in [4.69, 9.17) is 5.11 Å². The van der Waals surface area contributed by atoms with Crippen LogP contribution in [0.5, 0.6) is 0 Å². The van der Waals surface area contributed by atoms with Gasteiger partial charge in [0.05, 0.1) is 0 Å². The zero-order chi connectivity index (χ0) is 15.1. The highest BCUT2D eigenvalue weighted by Crippen LogP contribution is 2.13. The molecule has 0 saturated heterocycles. The average Bonchev–Trinajstić information content (AvgIpc) is 2.42. The predicted molar refractivity (Wildman–Crippen MR) is 82.7 cm³/mol. The molecule has 0 aromatic heterocycles. The van der Waals surface area contributed by atoms with Crippen LogP contribution in [0.1, 0.15) is 16.8 Å². The number of hydrogen-bond donors (Lipinski definition) is 2. The van der Waals surface area contributed by atoms with Gasteiger partial charge in [-0.3, -0.25) is 4.79 Å². The van der Waals surface area contributed by atoms with Crippen molar-refractivity contribution in [2.75, 3.05) is 31.0 Å². The normalized spacial score (nSPS) is 11.8. The third-order valence-electron chi connectivity index (χ3n) is 2.84. The number of carboxylic acids is 1. The van der Waals surface area contributed by atoms with Crippen molar-refractivity contribution in [3.8, 4) is 0 Å². The Balaban J connectivity index is 2.78. The Morgan fingerprint density at radius 2 is 2.10 bits per heavy atom. The molecule has 1 atom stereocenters. The number of rotatable bonds is 7. The fraction of sp³-hybridized carbons (Fsp3) is 0.429. The molecule has 5 nitrogen and oxygen atoms in total. The summed E-state index contributed by atoms with van der Waals surface area (Å²) in [4.78, 5) is 25.1. The lowest BCUT2D eigenvalue weighted by molar-refractivity contribution is -0.139. The lowest BCUT2D eigenvalue weighted by Gasteiger charge is -2.16. The van der Waals surface area contributed by atoms with Gasteiger partial charge in [0.25, 0.3) is 5.91 Å². The fourth-order valence-electron chi connectivity index (χ4n) is 1.66. The SMILES string of the molecule is CSCC[C@H](NC(=O)c1cccc(N(C)C)c1)C(=O)O. The lowest BCUT2D eigenvalue weighted by atomic mass is 10.1. The maximum absolute atomic E-state index is 12.1. The van der Waals surface area contributed by atoms with Gasteiger partial charge in [-0.1, -0.05) is 6.07 Å². The Kier molecular flexibility index (Phi) is 6.38. The van der Waals surface area contributed by atoms with Crippen molar-refractivity contribution in [1.82, 2.24) is 5.32 Å². The van der Waals surface area contributed by atoms with E-state index in [1.54, 1.807) is 30.0 Å². The number of nitrogens with zero attached hydrogens (tertiary/aromatic N) is 1. The summed E-state index contributed by atoms with van der Waals surface area (Å²) >= 11 is 1.56. The highest BCUT2D eigenvalue weighted by Gasteiger charge is 2.20. The average molecular weight is 296 g/mol. The Bertz CT molecular complexity index is 477. The van der Waals surface area contributed by atoms with Gasteiger partial charge in [0.15, 0.2) is 0 Å². The third kappa shape index (κ3) is 4.77. The maximum atomic E-state index is 12.1. The Morgan fingerprint density at radius 3 is 2.65 bits per heavy atom. The number of carbonyl (C=O) groups excluding carboxylic acids is 1. The standard InChI is InChI=1S/C14H20N2O3S/c1-16(2)11-6-4-5-10(9-11)13(17)15-12(14(18)19)7-8-20-3/h4-6,9,12H,7-8H2,1-3H3,(H,15,17)(H,18,19)/t12-/m0/s1. The number of anilines is 1. The second-order valence-corrected chi connectivity index (χ2v) is 5.58. The topological polar surface area (TPSA) is 69.6 Å². The molecule has 0 aliphatic heterocycles. The van der Waals surface area contributed by atoms with Crippen molar-refractivity contribution in [2.24, 2.45) is 0 Å². The van der Waals surface area contributed by atoms with Gasteiger partial charge in [-0.15, -0.1) is 0 Å². The van der Waals surface area contributed by atoms with Crippen molar-refractivity contribution in [3.63, 3.8) is 0 Å². The van der Waals surface area contributed by atoms with Gasteiger partial charge >= 0.3 is 5.97 Å². The third-order valence-corrected chi connectivity index (χ3v) is 3.48. The Hall–Kier alpha value is -1.69. The maximum Gasteiger partial charge on any atom is 0.326 e. The van der Waals surface area contributed by atoms with Crippen LogP contribution in [0.3, 0.4) is 0 Å². The number of benzene rings is 1. The van der Waals surface area contributed by atoms with Crippen molar-refractivity contribution in [1.29, 1.82) is 0 Å². The quantitative estimate of drug-likeness (QED) is 0.801. The van der Waals surface area contributed by atoms with Gasteiger partial charge in [-0.05, 0) is 36.6 Å². The molecule has 0 fully saturated rings. The largest absolute Gasteiger partial charge is 0.480 e. The molecule has 0 saturated carbocycles. The lowest BCUT2D eigenvalue weighted by Crippen LogP contribution is -2.41. The number of carbonyl (C=O) groups is 2. The molecule has 1 rings (SSSR count). The van der Waals surface area contributed by atoms with Crippen molar-refractivity contribution < 1.29 is 14.7 Å². The molecular formula is C14H20N2O3S. The van der Waals surface area contributed by atoms with Crippen LogP contribution in [0, 0.1) is 0 Å². The van der Waals surface area contributed by atoms with Gasteiger partial charge in [0, 0.05) is 25.3 Å². The van der Waals surface area contributed by atoms with E-state index in [1.807, 2.05) is 31.3 Å². The second-order valence-electron chi connectivity index (χ2n) is 4.59. The van der Waals surface area contributed by atoms with E-state index in [0.29, 0.717) is 17.7 Å². The first-order valence-electron chi connectivity index (χ1n) is 6.25. The monoisotopic (exact) mass is 296 g/mol. The summed E-state index contributed by atoms with van der Waals surface area (Å²) in [6, 6.07) is 6.23. The van der Waals surface area contributed by atoms with Crippen LogP contribution in [0.25, 0.3) is 0 Å². The first-order chi connectivity index (χ1) is 9.45. The van der Waals surface area contributed by atoms with Crippen molar-refractivity contribution in [2.45, 2.75) is 12.5 Å². The summed E-state index contributed by atoms with van der Waals surface area (Å²) in [6.07, 6.45) is 2.32. The number of aliphatic carboxylic acids is 1. The van der Waals surface area contributed by atoms with E-state index in [9.17, 15) is 9.59 Å². The first-order valence-corrected chi connectivity index (χ1v) is 7.65. The number of nitrogens with one attached hydrogen (secondary N) is 1. The molecule has 2 N–H and O–H groups in total. The summed E-state index contributed by atoms with van der Waals surface area (Å²) in [6.45, 7) is 0. The van der Waals surface area contributed by atoms with Crippen LogP contribution in [-0.4, -0.2) is 49.1 Å². The minimum atomic E-state index is -1.00. The second kappa shape index (κ2) is 7.79. The first kappa shape index (κ1) is 16.4. The van der Waals surface area contributed by atoms with E-state index >= 15 is 0 Å². The van der Waals surface area contributed by atoms with Crippen LogP contribution >= 0.6 is 11.8 Å². The Labute approximate surface area is 123 Å². The summed E-state index contributed by atoms with van der Waals surface area (Å²) < 4.78 is 0. The zero-order valence-corrected chi connectivity index (χ0v) is 12.7. The minimum Gasteiger partial charge on any atom is -0.480 e. The molecule has 110 valence electrons. The molecule has 6 heteroatoms. The highest BCUT2D eigenvalue weighted by molar-refractivity contribution is 7.98. The summed E-state index contributed by atoms with van der Waals surface area (Å²) in [5.41, 5.74) is 1.36. The summed E-state index contributed by atoms with van der Waals surface area (Å²) in [7, 11) is 3.77. The van der Waals surface area contributed by atoms with E-state index < -0.39 is 12.0 Å². The van der Waals surface area contributed by atoms with E-state index in [1.165, 1.54) is 0 Å². The molecule has 1 aromatic rings. The van der Waals surface area contributed by atoms with Crippen LogP contribution < -0.4 is 10.2 Å². The number of hydrogen-bond acceptors (Lipinski definition) is 4. The summed E-state index contributed by atoms with van der Waals surface area (Å²) in [5.74, 6) is -0.673. The number of amides is 1. The number of carboxylic acid groups (broad SMARTS) is 1. The van der Waals surface area contributed by atoms with Gasteiger partial charge in [0.1, 0.15) is 6.04 Å². The van der Waals surface area contributed by atoms with Crippen LogP contribution in [-0.2, 0) is 4.79 Å². The highest BCUT2D eigenvalue weighted by atomic mass is 32.2. The molecule has 0 bridgehead atoms. The molecule has 20 heavy (non-hydrogen) atoms. The molecular weight excluding hydrogens is 276 g/mol. The Morgan fingerprint density at radius 1 is 1.40 bits per heavy atom. The van der Waals surface area contributed by atoms with E-state index in [2.05, 4.69) is 5.32 Å². The van der Waals surface area contributed by atoms with Gasteiger partial charge in [-0.25, -0.2) is 4.79 Å². The van der Waals surface area contributed by atoms with Crippen LogP contribution in [0.4, 0.5) is 5.69 Å². The molecule has 0 spiro atoms. The van der Waals surface area contributed by atoms with E-state index in [-0.39, 0.29) is 5.91 Å². The number of thioether (sulfide) groups is 1. The fourth-order valence-corrected chi connectivity index (χ4v) is 2.13. The molecule has 1 amide bonds. The molecule has 0 heterocycles. The van der Waals surface area contributed by atoms with Crippen molar-refractivity contribution >= 4 is 29.3 Å². The van der Waals surface area contributed by atoms with Gasteiger partial charge in [-0.2, -0.15) is 11.8 Å². The van der Waals surface area contributed by atoms with Crippen molar-refractivity contribution in [3.05, 3.63) is 29.8 Å². The zero-order valence-electron chi connectivity index (χ0n) is 11.9. The van der Waals surface area contributed by atoms with Crippen LogP contribution in [0.2, 0.25) is 0 Å². The molecule has 0 aliphatic carbocycles.